The second kappa shape index (κ2) is 7.72. The third-order valence-electron chi connectivity index (χ3n) is 7.39. The second-order valence-corrected chi connectivity index (χ2v) is 10.7. The fourth-order valence-corrected chi connectivity index (χ4v) is 6.23. The summed E-state index contributed by atoms with van der Waals surface area (Å²) in [5, 5.41) is 0. The van der Waals surface area contributed by atoms with Crippen LogP contribution in [-0.2, 0) is 0 Å². The van der Waals surface area contributed by atoms with Gasteiger partial charge in [0.2, 0.25) is 5.69 Å². The van der Waals surface area contributed by atoms with Gasteiger partial charge in [0, 0.05) is 17.5 Å². The fourth-order valence-electron chi connectivity index (χ4n) is 6.23. The molecule has 0 radical (unpaired) electrons. The van der Waals surface area contributed by atoms with Crippen molar-refractivity contribution in [2.75, 3.05) is 0 Å². The van der Waals surface area contributed by atoms with Gasteiger partial charge in [0.15, 0.2) is 12.3 Å². The third-order valence-corrected chi connectivity index (χ3v) is 7.39. The first-order chi connectivity index (χ1) is 12.7. The van der Waals surface area contributed by atoms with Gasteiger partial charge >= 0.3 is 0 Å². The summed E-state index contributed by atoms with van der Waals surface area (Å²) in [5.74, 6) is 3.57. The minimum absolute atomic E-state index is 0.392. The molecule has 0 amide bonds. The molecule has 1 aliphatic heterocycles. The van der Waals surface area contributed by atoms with E-state index in [1.165, 1.54) is 42.5 Å². The largest absolute Gasteiger partial charge is 0.212 e. The van der Waals surface area contributed by atoms with Gasteiger partial charge in [-0.05, 0) is 49.4 Å². The summed E-state index contributed by atoms with van der Waals surface area (Å²) in [6.45, 7) is 19.2. The molecule has 1 heteroatoms. The highest BCUT2D eigenvalue weighted by molar-refractivity contribution is 5.67. The summed E-state index contributed by atoms with van der Waals surface area (Å²) >= 11 is 0. The Hall–Kier alpha value is -1.11. The molecular weight excluding hydrogens is 326 g/mol. The van der Waals surface area contributed by atoms with E-state index in [0.29, 0.717) is 23.3 Å². The van der Waals surface area contributed by atoms with E-state index in [-0.39, 0.29) is 0 Å². The van der Waals surface area contributed by atoms with Crippen molar-refractivity contribution in [2.45, 2.75) is 99.0 Å². The molecule has 1 spiro atoms. The lowest BCUT2D eigenvalue weighted by atomic mass is 9.59. The molecule has 1 saturated carbocycles. The van der Waals surface area contributed by atoms with E-state index in [1.807, 2.05) is 0 Å². The van der Waals surface area contributed by atoms with Crippen LogP contribution >= 0.6 is 0 Å². The highest BCUT2D eigenvalue weighted by Gasteiger charge is 2.52. The Kier molecular flexibility index (Phi) is 5.90. The Morgan fingerprint density at radius 1 is 0.889 bits per heavy atom. The number of nitrogens with zero attached hydrogens (tertiary/aromatic N) is 1. The van der Waals surface area contributed by atoms with Gasteiger partial charge in [-0.1, -0.05) is 73.1 Å². The van der Waals surface area contributed by atoms with Crippen LogP contribution in [0.2, 0.25) is 0 Å². The quantitative estimate of drug-likeness (QED) is 0.483. The van der Waals surface area contributed by atoms with Crippen LogP contribution in [0.3, 0.4) is 0 Å². The number of para-hydroxylation sites is 1. The zero-order chi connectivity index (χ0) is 19.9. The second-order valence-electron chi connectivity index (χ2n) is 10.7. The van der Waals surface area contributed by atoms with E-state index in [9.17, 15) is 0 Å². The highest BCUT2D eigenvalue weighted by Crippen LogP contribution is 2.52. The molecule has 0 N–H and O–H groups in total. The lowest BCUT2D eigenvalue weighted by molar-refractivity contribution is -0.468. The van der Waals surface area contributed by atoms with Crippen molar-refractivity contribution in [2.24, 2.45) is 23.2 Å². The zero-order valence-electron chi connectivity index (χ0n) is 19.0. The average Bonchev–Trinajstić information content (AvgIpc) is 2.89. The van der Waals surface area contributed by atoms with Gasteiger partial charge in [0.05, 0.1) is 5.41 Å². The molecule has 3 rings (SSSR count). The lowest BCUT2D eigenvalue weighted by Gasteiger charge is -2.42. The molecule has 1 nitrogen and oxygen atoms in total. The van der Waals surface area contributed by atoms with Gasteiger partial charge in [-0.25, -0.2) is 0 Å². The normalized spacial score (nSPS) is 31.4. The standard InChI is InChI=1S/C26H42N/c1-17(2)22-10-9-11-23(18(3)4)25(22)27-16-26(15-21(27)8)14-20(7)12-13-24(26)19(5)6/h9-11,16-21,24H,12-15H2,1-8H3/q+1/t20-,21+,24+,26?/m1/s1. The predicted octanol–water partition coefficient (Wildman–Crippen LogP) is 7.52. The molecule has 27 heavy (non-hydrogen) atoms. The average molecular weight is 369 g/mol. The van der Waals surface area contributed by atoms with Crippen molar-refractivity contribution in [3.8, 4) is 0 Å². The Balaban J connectivity index is 2.16. The molecule has 1 aromatic carbocycles. The van der Waals surface area contributed by atoms with E-state index < -0.39 is 0 Å². The van der Waals surface area contributed by atoms with Crippen molar-refractivity contribution < 1.29 is 4.58 Å². The van der Waals surface area contributed by atoms with Gasteiger partial charge in [0.1, 0.15) is 0 Å². The third kappa shape index (κ3) is 3.76. The summed E-state index contributed by atoms with van der Waals surface area (Å²) in [4.78, 5) is 0. The highest BCUT2D eigenvalue weighted by atomic mass is 15.1. The lowest BCUT2D eigenvalue weighted by Crippen LogP contribution is -2.39. The van der Waals surface area contributed by atoms with Crippen molar-refractivity contribution in [3.05, 3.63) is 29.3 Å². The van der Waals surface area contributed by atoms with Gasteiger partial charge in [-0.2, -0.15) is 4.58 Å². The van der Waals surface area contributed by atoms with Crippen LogP contribution in [0.1, 0.15) is 104 Å². The molecule has 1 unspecified atom stereocenters. The monoisotopic (exact) mass is 368 g/mol. The van der Waals surface area contributed by atoms with Crippen LogP contribution in [0.25, 0.3) is 0 Å². The molecule has 1 heterocycles. The van der Waals surface area contributed by atoms with Crippen LogP contribution in [-0.4, -0.2) is 16.8 Å². The predicted molar refractivity (Wildman–Crippen MR) is 118 cm³/mol. The maximum Gasteiger partial charge on any atom is 0.212 e. The Morgan fingerprint density at radius 2 is 1.48 bits per heavy atom. The first kappa shape index (κ1) is 20.6. The minimum atomic E-state index is 0.392. The fraction of sp³-hybridized carbons (Fsp3) is 0.731. The number of benzene rings is 1. The summed E-state index contributed by atoms with van der Waals surface area (Å²) in [6, 6.07) is 7.58. The van der Waals surface area contributed by atoms with Crippen LogP contribution in [0, 0.1) is 23.2 Å². The van der Waals surface area contributed by atoms with E-state index >= 15 is 0 Å². The van der Waals surface area contributed by atoms with Crippen molar-refractivity contribution in [1.29, 1.82) is 0 Å². The summed E-state index contributed by atoms with van der Waals surface area (Å²) in [7, 11) is 0. The molecular formula is C26H42N+. The van der Waals surface area contributed by atoms with Gasteiger partial charge in [0.25, 0.3) is 0 Å². The molecule has 1 aliphatic carbocycles. The molecule has 0 aromatic heterocycles. The summed E-state index contributed by atoms with van der Waals surface area (Å²) in [6.07, 6.45) is 8.22. The first-order valence-electron chi connectivity index (χ1n) is 11.4. The maximum absolute atomic E-state index is 2.71. The number of hydrogen-bond acceptors (Lipinski definition) is 0. The van der Waals surface area contributed by atoms with Crippen LogP contribution < -0.4 is 0 Å². The van der Waals surface area contributed by atoms with E-state index in [1.54, 1.807) is 0 Å². The number of hydrogen-bond donors (Lipinski definition) is 0. The van der Waals surface area contributed by atoms with Crippen LogP contribution in [0.4, 0.5) is 5.69 Å². The molecule has 150 valence electrons. The van der Waals surface area contributed by atoms with Crippen LogP contribution in [0.5, 0.6) is 0 Å². The molecule has 1 aromatic rings. The van der Waals surface area contributed by atoms with Gasteiger partial charge < -0.3 is 0 Å². The van der Waals surface area contributed by atoms with Crippen molar-refractivity contribution in [1.82, 2.24) is 0 Å². The van der Waals surface area contributed by atoms with Gasteiger partial charge in [-0.3, -0.25) is 0 Å². The van der Waals surface area contributed by atoms with E-state index in [4.69, 9.17) is 0 Å². The number of rotatable bonds is 4. The topological polar surface area (TPSA) is 3.01 Å². The minimum Gasteiger partial charge on any atom is -0.199 e. The molecule has 4 atom stereocenters. The summed E-state index contributed by atoms with van der Waals surface area (Å²) in [5.41, 5.74) is 4.95. The van der Waals surface area contributed by atoms with E-state index in [0.717, 1.165) is 17.8 Å². The Labute approximate surface area is 168 Å². The van der Waals surface area contributed by atoms with Gasteiger partial charge in [-0.15, -0.1) is 0 Å². The smallest absolute Gasteiger partial charge is 0.199 e. The molecule has 0 saturated heterocycles. The first-order valence-corrected chi connectivity index (χ1v) is 11.4. The van der Waals surface area contributed by atoms with Crippen molar-refractivity contribution >= 4 is 11.9 Å². The zero-order valence-corrected chi connectivity index (χ0v) is 19.0. The molecule has 0 bridgehead atoms. The maximum atomic E-state index is 2.71. The van der Waals surface area contributed by atoms with Crippen LogP contribution in [0.15, 0.2) is 18.2 Å². The molecule has 1 fully saturated rings. The summed E-state index contributed by atoms with van der Waals surface area (Å²) < 4.78 is 2.71. The van der Waals surface area contributed by atoms with E-state index in [2.05, 4.69) is 84.4 Å². The van der Waals surface area contributed by atoms with Crippen molar-refractivity contribution in [3.63, 3.8) is 0 Å². The Bertz CT molecular complexity index is 670. The Morgan fingerprint density at radius 3 is 2.00 bits per heavy atom. The SMILES string of the molecule is CC(C)c1cccc(C(C)C)c1[N+]1=CC2(C[C@H](C)CC[C@H]2C(C)C)C[C@@H]1C. The molecule has 2 aliphatic rings.